The first-order chi connectivity index (χ1) is 9.66. The lowest BCUT2D eigenvalue weighted by atomic mass is 10.1. The van der Waals surface area contributed by atoms with Crippen molar-refractivity contribution in [2.24, 2.45) is 5.73 Å². The molecule has 1 fully saturated rings. The van der Waals surface area contributed by atoms with E-state index in [9.17, 15) is 8.42 Å². The summed E-state index contributed by atoms with van der Waals surface area (Å²) in [5, 5.41) is 0.150. The van der Waals surface area contributed by atoms with Gasteiger partial charge in [0.05, 0.1) is 23.8 Å². The molecule has 8 heteroatoms. The molecular formula is C13H17ClN2O3S2. The average Bonchev–Trinajstić information content (AvgIpc) is 2.37. The van der Waals surface area contributed by atoms with Gasteiger partial charge in [0.25, 0.3) is 0 Å². The van der Waals surface area contributed by atoms with E-state index >= 15 is 0 Å². The molecule has 0 unspecified atom stereocenters. The van der Waals surface area contributed by atoms with Crippen molar-refractivity contribution in [3.8, 4) is 0 Å². The number of benzene rings is 1. The Balaban J connectivity index is 2.53. The van der Waals surface area contributed by atoms with E-state index in [-0.39, 0.29) is 21.5 Å². The highest BCUT2D eigenvalue weighted by molar-refractivity contribution is 7.89. The molecule has 116 valence electrons. The molecule has 0 aliphatic carbocycles. The van der Waals surface area contributed by atoms with Gasteiger partial charge in [-0.05, 0) is 26.0 Å². The van der Waals surface area contributed by atoms with Crippen LogP contribution in [0.3, 0.4) is 0 Å². The summed E-state index contributed by atoms with van der Waals surface area (Å²) in [4.78, 5) is 0.147. The first-order valence-electron chi connectivity index (χ1n) is 6.36. The summed E-state index contributed by atoms with van der Waals surface area (Å²) < 4.78 is 32.6. The molecule has 2 N–H and O–H groups in total. The third kappa shape index (κ3) is 3.22. The SMILES string of the molecule is CC1(C)COCCN1S(=O)(=O)c1cc(C(N)=S)ccc1Cl. The van der Waals surface area contributed by atoms with Crippen LogP contribution in [0.25, 0.3) is 0 Å². The van der Waals surface area contributed by atoms with Gasteiger partial charge in [0.2, 0.25) is 10.0 Å². The Morgan fingerprint density at radius 1 is 1.48 bits per heavy atom. The van der Waals surface area contributed by atoms with Crippen molar-refractivity contribution >= 4 is 38.8 Å². The van der Waals surface area contributed by atoms with Crippen molar-refractivity contribution in [2.75, 3.05) is 19.8 Å². The summed E-state index contributed by atoms with van der Waals surface area (Å²) in [5.41, 5.74) is 5.40. The second kappa shape index (κ2) is 5.81. The van der Waals surface area contributed by atoms with Crippen LogP contribution in [-0.4, -0.2) is 43.0 Å². The van der Waals surface area contributed by atoms with Gasteiger partial charge in [-0.2, -0.15) is 4.31 Å². The fourth-order valence-corrected chi connectivity index (χ4v) is 4.65. The number of nitrogens with zero attached hydrogens (tertiary/aromatic N) is 1. The van der Waals surface area contributed by atoms with E-state index < -0.39 is 15.6 Å². The predicted molar refractivity (Wildman–Crippen MR) is 86.1 cm³/mol. The third-order valence-electron chi connectivity index (χ3n) is 3.35. The van der Waals surface area contributed by atoms with Crippen molar-refractivity contribution < 1.29 is 13.2 Å². The van der Waals surface area contributed by atoms with Crippen LogP contribution in [0.2, 0.25) is 5.02 Å². The molecule has 0 amide bonds. The maximum atomic E-state index is 12.9. The highest BCUT2D eigenvalue weighted by Crippen LogP contribution is 2.31. The molecule has 21 heavy (non-hydrogen) atoms. The molecule has 0 aromatic heterocycles. The Labute approximate surface area is 135 Å². The molecule has 1 saturated heterocycles. The summed E-state index contributed by atoms with van der Waals surface area (Å²) in [6, 6.07) is 4.52. The molecule has 5 nitrogen and oxygen atoms in total. The van der Waals surface area contributed by atoms with Gasteiger partial charge < -0.3 is 10.5 Å². The van der Waals surface area contributed by atoms with Crippen LogP contribution in [-0.2, 0) is 14.8 Å². The van der Waals surface area contributed by atoms with E-state index in [1.54, 1.807) is 6.07 Å². The largest absolute Gasteiger partial charge is 0.389 e. The van der Waals surface area contributed by atoms with Gasteiger partial charge in [0, 0.05) is 12.1 Å². The van der Waals surface area contributed by atoms with Crippen LogP contribution in [0.4, 0.5) is 0 Å². The van der Waals surface area contributed by atoms with Crippen LogP contribution < -0.4 is 5.73 Å². The van der Waals surface area contributed by atoms with Crippen molar-refractivity contribution in [2.45, 2.75) is 24.3 Å². The zero-order valence-electron chi connectivity index (χ0n) is 11.8. The lowest BCUT2D eigenvalue weighted by molar-refractivity contribution is -0.00770. The second-order valence-electron chi connectivity index (χ2n) is 5.45. The van der Waals surface area contributed by atoms with Gasteiger partial charge in [0.1, 0.15) is 9.88 Å². The first kappa shape index (κ1) is 16.6. The number of halogens is 1. The quantitative estimate of drug-likeness (QED) is 0.843. The Kier molecular flexibility index (Phi) is 4.60. The van der Waals surface area contributed by atoms with Crippen molar-refractivity contribution in [1.82, 2.24) is 4.31 Å². The van der Waals surface area contributed by atoms with Crippen LogP contribution >= 0.6 is 23.8 Å². The van der Waals surface area contributed by atoms with E-state index in [1.807, 2.05) is 13.8 Å². The van der Waals surface area contributed by atoms with Crippen molar-refractivity contribution in [1.29, 1.82) is 0 Å². The number of nitrogens with two attached hydrogens (primary N) is 1. The van der Waals surface area contributed by atoms with E-state index in [0.717, 1.165) is 0 Å². The molecule has 1 aliphatic heterocycles. The zero-order chi connectivity index (χ0) is 15.8. The molecule has 0 atom stereocenters. The van der Waals surface area contributed by atoms with Gasteiger partial charge >= 0.3 is 0 Å². The number of sulfonamides is 1. The topological polar surface area (TPSA) is 72.6 Å². The van der Waals surface area contributed by atoms with Crippen LogP contribution in [0.5, 0.6) is 0 Å². The summed E-state index contributed by atoms with van der Waals surface area (Å²) >= 11 is 11.0. The van der Waals surface area contributed by atoms with Gasteiger partial charge in [-0.3, -0.25) is 0 Å². The smallest absolute Gasteiger partial charge is 0.245 e. The summed E-state index contributed by atoms with van der Waals surface area (Å²) in [7, 11) is -3.75. The summed E-state index contributed by atoms with van der Waals surface area (Å²) in [5.74, 6) is 0. The Bertz CT molecular complexity index is 674. The van der Waals surface area contributed by atoms with E-state index in [0.29, 0.717) is 18.8 Å². The minimum Gasteiger partial charge on any atom is -0.389 e. The van der Waals surface area contributed by atoms with Crippen molar-refractivity contribution in [3.63, 3.8) is 0 Å². The number of hydrogen-bond acceptors (Lipinski definition) is 4. The van der Waals surface area contributed by atoms with E-state index in [1.165, 1.54) is 16.4 Å². The minimum absolute atomic E-state index is 0.0180. The molecular weight excluding hydrogens is 332 g/mol. The van der Waals surface area contributed by atoms with E-state index in [2.05, 4.69) is 0 Å². The molecule has 0 radical (unpaired) electrons. The summed E-state index contributed by atoms with van der Waals surface area (Å²) in [6.45, 7) is 4.60. The third-order valence-corrected chi connectivity index (χ3v) is 6.18. The molecule has 1 aliphatic rings. The van der Waals surface area contributed by atoms with E-state index in [4.69, 9.17) is 34.3 Å². The maximum Gasteiger partial charge on any atom is 0.245 e. The highest BCUT2D eigenvalue weighted by atomic mass is 35.5. The van der Waals surface area contributed by atoms with Crippen LogP contribution in [0.1, 0.15) is 19.4 Å². The average molecular weight is 349 g/mol. The monoisotopic (exact) mass is 348 g/mol. The molecule has 0 bridgehead atoms. The Hall–Kier alpha value is -0.730. The Morgan fingerprint density at radius 3 is 2.71 bits per heavy atom. The lowest BCUT2D eigenvalue weighted by Crippen LogP contribution is -2.55. The highest BCUT2D eigenvalue weighted by Gasteiger charge is 2.40. The normalized spacial score (nSPS) is 19.4. The molecule has 1 aromatic rings. The molecule has 0 saturated carbocycles. The predicted octanol–water partition coefficient (Wildman–Crippen LogP) is 1.77. The minimum atomic E-state index is -3.75. The second-order valence-corrected chi connectivity index (χ2v) is 8.13. The number of thiocarbonyl (C=S) groups is 1. The molecule has 0 spiro atoms. The van der Waals surface area contributed by atoms with Crippen LogP contribution in [0.15, 0.2) is 23.1 Å². The number of morpholine rings is 1. The first-order valence-corrected chi connectivity index (χ1v) is 8.59. The Morgan fingerprint density at radius 2 is 2.14 bits per heavy atom. The van der Waals surface area contributed by atoms with Crippen molar-refractivity contribution in [3.05, 3.63) is 28.8 Å². The fraction of sp³-hybridized carbons (Fsp3) is 0.462. The molecule has 1 aromatic carbocycles. The van der Waals surface area contributed by atoms with Crippen LogP contribution in [0, 0.1) is 0 Å². The maximum absolute atomic E-state index is 12.9. The fourth-order valence-electron chi connectivity index (χ4n) is 2.26. The summed E-state index contributed by atoms with van der Waals surface area (Å²) in [6.07, 6.45) is 0. The van der Waals surface area contributed by atoms with Gasteiger partial charge in [-0.15, -0.1) is 0 Å². The molecule has 2 rings (SSSR count). The number of rotatable bonds is 3. The number of ether oxygens (including phenoxy) is 1. The number of hydrogen-bond donors (Lipinski definition) is 1. The van der Waals surface area contributed by atoms with Gasteiger partial charge in [0.15, 0.2) is 0 Å². The standard InChI is InChI=1S/C13H17ClN2O3S2/c1-13(2)8-19-6-5-16(13)21(17,18)11-7-9(12(15)20)3-4-10(11)14/h3-4,7H,5-6,8H2,1-2H3,(H2,15,20). The lowest BCUT2D eigenvalue weighted by Gasteiger charge is -2.40. The molecule has 1 heterocycles. The van der Waals surface area contributed by atoms with Gasteiger partial charge in [-0.25, -0.2) is 8.42 Å². The zero-order valence-corrected chi connectivity index (χ0v) is 14.2. The van der Waals surface area contributed by atoms with Gasteiger partial charge in [-0.1, -0.05) is 29.9 Å².